The first-order chi connectivity index (χ1) is 21.6. The maximum absolute atomic E-state index is 13.4. The van der Waals surface area contributed by atoms with Gasteiger partial charge in [-0.05, 0) is 61.6 Å². The lowest BCUT2D eigenvalue weighted by atomic mass is 9.82. The number of nitrogens with zero attached hydrogens (tertiary/aromatic N) is 3. The van der Waals surface area contributed by atoms with Crippen molar-refractivity contribution in [2.75, 3.05) is 11.5 Å². The molecule has 10 nitrogen and oxygen atoms in total. The normalized spacial score (nSPS) is 21.6. The number of carbonyl (C=O) groups excluding carboxylic acids is 4. The molecule has 7 rings (SSSR count). The highest BCUT2D eigenvalue weighted by Gasteiger charge is 2.60. The van der Waals surface area contributed by atoms with Crippen molar-refractivity contribution in [2.24, 2.45) is 23.7 Å². The number of nitro benzene ring substituents is 1. The van der Waals surface area contributed by atoms with E-state index in [9.17, 15) is 29.3 Å². The molecule has 45 heavy (non-hydrogen) atoms. The Hall–Kier alpha value is -5.22. The van der Waals surface area contributed by atoms with E-state index in [0.717, 1.165) is 12.5 Å². The Kier molecular flexibility index (Phi) is 6.81. The lowest BCUT2D eigenvalue weighted by Gasteiger charge is -2.19. The number of anilines is 1. The van der Waals surface area contributed by atoms with E-state index in [0.29, 0.717) is 27.8 Å². The molecule has 4 aromatic rings. The zero-order chi connectivity index (χ0) is 31.6. The van der Waals surface area contributed by atoms with Gasteiger partial charge in [-0.3, -0.25) is 29.4 Å². The average Bonchev–Trinajstić information content (AvgIpc) is 3.68. The molecule has 4 unspecified atom stereocenters. The van der Waals surface area contributed by atoms with Crippen LogP contribution >= 0.6 is 11.6 Å². The molecule has 1 saturated carbocycles. The quantitative estimate of drug-likeness (QED) is 0.0593. The molecule has 3 aromatic carbocycles. The number of pyridine rings is 1. The van der Waals surface area contributed by atoms with Crippen molar-refractivity contribution in [3.05, 3.63) is 111 Å². The summed E-state index contributed by atoms with van der Waals surface area (Å²) in [5.74, 6) is -2.10. The third kappa shape index (κ3) is 4.69. The molecule has 224 valence electrons. The van der Waals surface area contributed by atoms with Gasteiger partial charge in [0.15, 0.2) is 6.61 Å². The van der Waals surface area contributed by atoms with Crippen molar-refractivity contribution in [2.45, 2.75) is 13.3 Å². The summed E-state index contributed by atoms with van der Waals surface area (Å²) in [6.07, 6.45) is 3.00. The van der Waals surface area contributed by atoms with Gasteiger partial charge in [-0.25, -0.2) is 9.78 Å². The van der Waals surface area contributed by atoms with Gasteiger partial charge in [0.05, 0.1) is 39.2 Å². The molecular formula is C34H24ClN3O7. The summed E-state index contributed by atoms with van der Waals surface area (Å²) in [6.45, 7) is 1.39. The molecular weight excluding hydrogens is 598 g/mol. The number of amides is 2. The van der Waals surface area contributed by atoms with E-state index in [4.69, 9.17) is 21.3 Å². The number of rotatable bonds is 7. The van der Waals surface area contributed by atoms with Crippen LogP contribution in [0, 0.1) is 33.8 Å². The van der Waals surface area contributed by atoms with Crippen LogP contribution < -0.4 is 4.90 Å². The average molecular weight is 622 g/mol. The van der Waals surface area contributed by atoms with Crippen molar-refractivity contribution in [3.8, 4) is 11.3 Å². The van der Waals surface area contributed by atoms with E-state index in [1.807, 2.05) is 6.92 Å². The SMILES string of the molecule is CC1=CC2CC1C1C(=O)N(c3ccc(-c4cc(C(=O)OCC(=O)c5ccc(Cl)c([N+](=O)[O-])c5)c5ccccc5n4)cc3)C(=O)C21. The molecule has 0 spiro atoms. The van der Waals surface area contributed by atoms with Crippen LogP contribution in [0.2, 0.25) is 5.02 Å². The highest BCUT2D eigenvalue weighted by Crippen LogP contribution is 2.56. The second kappa shape index (κ2) is 10.7. The second-order valence-electron chi connectivity index (χ2n) is 11.5. The molecule has 2 aliphatic carbocycles. The monoisotopic (exact) mass is 621 g/mol. The van der Waals surface area contributed by atoms with Crippen molar-refractivity contribution < 1.29 is 28.8 Å². The first kappa shape index (κ1) is 28.5. The number of aromatic nitrogens is 1. The van der Waals surface area contributed by atoms with E-state index in [2.05, 4.69) is 6.08 Å². The van der Waals surface area contributed by atoms with Gasteiger partial charge >= 0.3 is 5.97 Å². The predicted molar refractivity (Wildman–Crippen MR) is 165 cm³/mol. The van der Waals surface area contributed by atoms with Gasteiger partial charge in [0.25, 0.3) is 5.69 Å². The molecule has 0 radical (unpaired) electrons. The Morgan fingerprint density at radius 2 is 1.76 bits per heavy atom. The van der Waals surface area contributed by atoms with Gasteiger partial charge in [-0.15, -0.1) is 0 Å². The van der Waals surface area contributed by atoms with Crippen molar-refractivity contribution in [1.82, 2.24) is 4.98 Å². The Morgan fingerprint density at radius 3 is 2.51 bits per heavy atom. The minimum absolute atomic E-state index is 0.0168. The van der Waals surface area contributed by atoms with Crippen LogP contribution in [0.5, 0.6) is 0 Å². The molecule has 4 atom stereocenters. The fraction of sp³-hybridized carbons (Fsp3) is 0.206. The standard InChI is InChI=1S/C34H24ClN3O7/c1-17-12-20-13-23(17)31-30(20)32(40)37(33(31)41)21-9-6-18(7-10-21)27-15-24(22-4-2-3-5-26(22)36-27)34(42)45-16-29(39)19-8-11-25(35)28(14-19)38(43)44/h2-12,14-15,20,23,30-31H,13,16H2,1H3. The number of carbonyl (C=O) groups is 4. The number of imide groups is 1. The maximum atomic E-state index is 13.4. The number of hydrogen-bond acceptors (Lipinski definition) is 8. The first-order valence-electron chi connectivity index (χ1n) is 14.3. The number of benzene rings is 3. The number of esters is 1. The zero-order valence-electron chi connectivity index (χ0n) is 23.8. The van der Waals surface area contributed by atoms with Crippen molar-refractivity contribution in [1.29, 1.82) is 0 Å². The minimum atomic E-state index is -0.776. The number of para-hydroxylation sites is 1. The number of fused-ring (bicyclic) bond motifs is 6. The van der Waals surface area contributed by atoms with Crippen LogP contribution in [0.25, 0.3) is 22.2 Å². The fourth-order valence-electron chi connectivity index (χ4n) is 6.92. The Labute approximate surface area is 261 Å². The number of Topliss-reactive ketones (excluding diaryl/α,β-unsaturated/α-hetero) is 1. The second-order valence-corrected chi connectivity index (χ2v) is 11.9. The number of ketones is 1. The summed E-state index contributed by atoms with van der Waals surface area (Å²) in [7, 11) is 0. The maximum Gasteiger partial charge on any atom is 0.339 e. The number of allylic oxidation sites excluding steroid dienone is 2. The Bertz CT molecular complexity index is 2010. The van der Waals surface area contributed by atoms with Crippen LogP contribution in [0.15, 0.2) is 84.4 Å². The molecule has 3 aliphatic rings. The van der Waals surface area contributed by atoms with E-state index in [-0.39, 0.29) is 51.6 Å². The van der Waals surface area contributed by atoms with Gasteiger partial charge in [-0.2, -0.15) is 0 Å². The van der Waals surface area contributed by atoms with Gasteiger partial charge in [-0.1, -0.05) is 53.6 Å². The van der Waals surface area contributed by atoms with E-state index < -0.39 is 29.0 Å². The van der Waals surface area contributed by atoms with Gasteiger partial charge in [0.1, 0.15) is 5.02 Å². The summed E-state index contributed by atoms with van der Waals surface area (Å²) in [6, 6.07) is 19.0. The van der Waals surface area contributed by atoms with Gasteiger partial charge in [0.2, 0.25) is 17.6 Å². The zero-order valence-corrected chi connectivity index (χ0v) is 24.6. The summed E-state index contributed by atoms with van der Waals surface area (Å²) in [5.41, 5.74) is 3.01. The Balaban J connectivity index is 1.13. The summed E-state index contributed by atoms with van der Waals surface area (Å²) in [4.78, 5) is 69.2. The molecule has 2 bridgehead atoms. The van der Waals surface area contributed by atoms with Gasteiger partial charge in [0, 0.05) is 22.6 Å². The molecule has 1 aliphatic heterocycles. The number of hydrogen-bond donors (Lipinski definition) is 0. The molecule has 0 N–H and O–H groups in total. The molecule has 2 heterocycles. The van der Waals surface area contributed by atoms with E-state index >= 15 is 0 Å². The van der Waals surface area contributed by atoms with Crippen LogP contribution in [0.1, 0.15) is 34.1 Å². The summed E-state index contributed by atoms with van der Waals surface area (Å²) < 4.78 is 5.35. The lowest BCUT2D eigenvalue weighted by molar-refractivity contribution is -0.384. The predicted octanol–water partition coefficient (Wildman–Crippen LogP) is 6.20. The summed E-state index contributed by atoms with van der Waals surface area (Å²) >= 11 is 5.84. The minimum Gasteiger partial charge on any atom is -0.454 e. The molecule has 1 saturated heterocycles. The van der Waals surface area contributed by atoms with Crippen LogP contribution in [-0.2, 0) is 14.3 Å². The molecule has 2 fully saturated rings. The number of halogens is 1. The first-order valence-corrected chi connectivity index (χ1v) is 14.7. The van der Waals surface area contributed by atoms with Crippen molar-refractivity contribution in [3.63, 3.8) is 0 Å². The molecule has 1 aromatic heterocycles. The largest absolute Gasteiger partial charge is 0.454 e. The molecule has 11 heteroatoms. The third-order valence-electron chi connectivity index (χ3n) is 9.04. The highest BCUT2D eigenvalue weighted by molar-refractivity contribution is 6.32. The van der Waals surface area contributed by atoms with Crippen LogP contribution in [0.3, 0.4) is 0 Å². The summed E-state index contributed by atoms with van der Waals surface area (Å²) in [5, 5.41) is 11.6. The lowest BCUT2D eigenvalue weighted by Crippen LogP contribution is -2.32. The smallest absolute Gasteiger partial charge is 0.339 e. The fourth-order valence-corrected chi connectivity index (χ4v) is 7.11. The number of ether oxygens (including phenoxy) is 1. The van der Waals surface area contributed by atoms with Crippen LogP contribution in [-0.4, -0.2) is 40.1 Å². The van der Waals surface area contributed by atoms with E-state index in [1.54, 1.807) is 54.6 Å². The highest BCUT2D eigenvalue weighted by atomic mass is 35.5. The number of nitro groups is 1. The molecule has 2 amide bonds. The van der Waals surface area contributed by atoms with Crippen LogP contribution in [0.4, 0.5) is 11.4 Å². The van der Waals surface area contributed by atoms with Crippen molar-refractivity contribution >= 4 is 57.4 Å². The topological polar surface area (TPSA) is 137 Å². The van der Waals surface area contributed by atoms with E-state index in [1.165, 1.54) is 22.6 Å². The third-order valence-corrected chi connectivity index (χ3v) is 9.36. The van der Waals surface area contributed by atoms with Gasteiger partial charge < -0.3 is 4.74 Å². The Morgan fingerprint density at radius 1 is 1.02 bits per heavy atom.